The standard InChI is InChI=1S/C62H40N2S/c1-2-14-49-42(13-1)25-26-45-39-44(31-37-51(45)49)41-27-32-46(33-28-41)63(48-36-38-62-57(40-48)56-20-8-12-24-61(56)65-62)47-34-29-43(30-35-47)50-15-3-4-16-52(50)53-17-5-9-21-58(53)64-59-22-10-6-18-54(59)55-19-7-11-23-60(55)64/h1-40H. The predicted molar refractivity (Wildman–Crippen MR) is 280 cm³/mol. The lowest BCUT2D eigenvalue weighted by molar-refractivity contribution is 1.18. The summed E-state index contributed by atoms with van der Waals surface area (Å²) in [6.07, 6.45) is 0. The molecular weight excluding hydrogens is 805 g/mol. The summed E-state index contributed by atoms with van der Waals surface area (Å²) in [5.74, 6) is 0. The average molecular weight is 845 g/mol. The van der Waals surface area contributed by atoms with E-state index in [1.54, 1.807) is 0 Å². The molecule has 0 spiro atoms. The third-order valence-electron chi connectivity index (χ3n) is 13.2. The van der Waals surface area contributed by atoms with E-state index < -0.39 is 0 Å². The van der Waals surface area contributed by atoms with E-state index in [0.717, 1.165) is 22.7 Å². The lowest BCUT2D eigenvalue weighted by atomic mass is 9.93. The molecule has 2 nitrogen and oxygen atoms in total. The quantitative estimate of drug-likeness (QED) is 0.145. The summed E-state index contributed by atoms with van der Waals surface area (Å²) in [5.41, 5.74) is 14.0. The number of anilines is 3. The van der Waals surface area contributed by atoms with Crippen LogP contribution in [-0.4, -0.2) is 4.57 Å². The molecule has 13 rings (SSSR count). The van der Waals surface area contributed by atoms with E-state index in [1.807, 2.05) is 11.3 Å². The Balaban J connectivity index is 0.910. The van der Waals surface area contributed by atoms with Gasteiger partial charge in [0.25, 0.3) is 0 Å². The van der Waals surface area contributed by atoms with E-state index in [0.29, 0.717) is 0 Å². The number of aromatic nitrogens is 1. The smallest absolute Gasteiger partial charge is 0.0541 e. The Morgan fingerprint density at radius 2 is 0.815 bits per heavy atom. The first-order valence-corrected chi connectivity index (χ1v) is 23.1. The number of fused-ring (bicyclic) bond motifs is 9. The molecule has 0 atom stereocenters. The van der Waals surface area contributed by atoms with Crippen molar-refractivity contribution in [1.82, 2.24) is 4.57 Å². The normalized spacial score (nSPS) is 11.7. The van der Waals surface area contributed by atoms with E-state index in [4.69, 9.17) is 0 Å². The Bertz CT molecular complexity index is 3900. The van der Waals surface area contributed by atoms with Crippen LogP contribution in [0.15, 0.2) is 243 Å². The van der Waals surface area contributed by atoms with Crippen LogP contribution in [0.1, 0.15) is 0 Å². The lowest BCUT2D eigenvalue weighted by Gasteiger charge is -2.26. The SMILES string of the molecule is c1ccc(-c2ccccc2-n2c3ccccc3c3ccccc32)c(-c2ccc(N(c3ccc(-c4ccc5c(ccc6ccccc65)c4)cc3)c3ccc4sc5ccccc5c4c3)cc2)c1. The topological polar surface area (TPSA) is 8.17 Å². The Labute approximate surface area is 381 Å². The number of rotatable bonds is 7. The maximum absolute atomic E-state index is 2.43. The molecule has 0 fully saturated rings. The molecule has 13 aromatic rings. The van der Waals surface area contributed by atoms with Crippen LogP contribution in [0.3, 0.4) is 0 Å². The molecule has 0 aliphatic rings. The molecule has 11 aromatic carbocycles. The second kappa shape index (κ2) is 15.2. The molecule has 2 heterocycles. The van der Waals surface area contributed by atoms with Gasteiger partial charge in [-0.3, -0.25) is 0 Å². The van der Waals surface area contributed by atoms with Crippen molar-refractivity contribution < 1.29 is 0 Å². The number of thiophene rings is 1. The van der Waals surface area contributed by atoms with E-state index in [9.17, 15) is 0 Å². The van der Waals surface area contributed by atoms with Gasteiger partial charge in [0.15, 0.2) is 0 Å². The molecule has 0 bridgehead atoms. The summed E-state index contributed by atoms with van der Waals surface area (Å²) >= 11 is 1.85. The Morgan fingerprint density at radius 1 is 0.292 bits per heavy atom. The summed E-state index contributed by atoms with van der Waals surface area (Å²) in [6.45, 7) is 0. The summed E-state index contributed by atoms with van der Waals surface area (Å²) < 4.78 is 5.03. The minimum absolute atomic E-state index is 1.10. The molecule has 0 aliphatic carbocycles. The van der Waals surface area contributed by atoms with Crippen molar-refractivity contribution in [1.29, 1.82) is 0 Å². The molecule has 3 heteroatoms. The van der Waals surface area contributed by atoms with Crippen LogP contribution in [0, 0.1) is 0 Å². The van der Waals surface area contributed by atoms with Gasteiger partial charge in [0.1, 0.15) is 0 Å². The average Bonchev–Trinajstić information content (AvgIpc) is 3.92. The molecule has 304 valence electrons. The highest BCUT2D eigenvalue weighted by atomic mass is 32.1. The van der Waals surface area contributed by atoms with Gasteiger partial charge in [-0.15, -0.1) is 11.3 Å². The molecule has 0 aliphatic heterocycles. The third-order valence-corrected chi connectivity index (χ3v) is 14.4. The zero-order chi connectivity index (χ0) is 42.8. The van der Waals surface area contributed by atoms with Crippen molar-refractivity contribution in [2.24, 2.45) is 0 Å². The monoisotopic (exact) mass is 844 g/mol. The van der Waals surface area contributed by atoms with Crippen LogP contribution >= 0.6 is 11.3 Å². The van der Waals surface area contributed by atoms with Crippen LogP contribution in [-0.2, 0) is 0 Å². The molecular formula is C62H40N2S. The highest BCUT2D eigenvalue weighted by molar-refractivity contribution is 7.25. The van der Waals surface area contributed by atoms with Crippen LogP contribution < -0.4 is 4.90 Å². The summed E-state index contributed by atoms with van der Waals surface area (Å²) in [7, 11) is 0. The fourth-order valence-corrected chi connectivity index (χ4v) is 11.2. The summed E-state index contributed by atoms with van der Waals surface area (Å²) in [6, 6.07) is 89.0. The minimum atomic E-state index is 1.10. The predicted octanol–water partition coefficient (Wildman–Crippen LogP) is 17.9. The first-order chi connectivity index (χ1) is 32.2. The number of hydrogen-bond donors (Lipinski definition) is 0. The van der Waals surface area contributed by atoms with Crippen LogP contribution in [0.2, 0.25) is 0 Å². The fourth-order valence-electron chi connectivity index (χ4n) is 10.1. The Morgan fingerprint density at radius 3 is 1.57 bits per heavy atom. The van der Waals surface area contributed by atoms with Gasteiger partial charge in [0, 0.05) is 53.6 Å². The van der Waals surface area contributed by atoms with Crippen LogP contribution in [0.4, 0.5) is 17.1 Å². The zero-order valence-corrected chi connectivity index (χ0v) is 36.2. The Hall–Kier alpha value is -8.24. The van der Waals surface area contributed by atoms with E-state index >= 15 is 0 Å². The maximum Gasteiger partial charge on any atom is 0.0541 e. The van der Waals surface area contributed by atoms with Gasteiger partial charge in [0.2, 0.25) is 0 Å². The number of para-hydroxylation sites is 3. The maximum atomic E-state index is 2.43. The molecule has 0 saturated heterocycles. The van der Waals surface area contributed by atoms with Crippen molar-refractivity contribution in [3.8, 4) is 39.1 Å². The van der Waals surface area contributed by atoms with Crippen LogP contribution in [0.5, 0.6) is 0 Å². The van der Waals surface area contributed by atoms with Gasteiger partial charge in [-0.05, 0) is 122 Å². The highest BCUT2D eigenvalue weighted by Crippen LogP contribution is 2.44. The van der Waals surface area contributed by atoms with Crippen molar-refractivity contribution in [3.05, 3.63) is 243 Å². The molecule has 2 aromatic heterocycles. The number of nitrogens with zero attached hydrogens (tertiary/aromatic N) is 2. The van der Waals surface area contributed by atoms with Gasteiger partial charge in [-0.1, -0.05) is 170 Å². The van der Waals surface area contributed by atoms with Crippen molar-refractivity contribution >= 4 is 91.9 Å². The molecule has 0 N–H and O–H groups in total. The largest absolute Gasteiger partial charge is 0.310 e. The van der Waals surface area contributed by atoms with Crippen molar-refractivity contribution in [3.63, 3.8) is 0 Å². The minimum Gasteiger partial charge on any atom is -0.310 e. The zero-order valence-electron chi connectivity index (χ0n) is 35.4. The first kappa shape index (κ1) is 37.3. The molecule has 0 saturated carbocycles. The fraction of sp³-hybridized carbons (Fsp3) is 0. The molecule has 65 heavy (non-hydrogen) atoms. The summed E-state index contributed by atoms with van der Waals surface area (Å²) in [5, 5.41) is 10.2. The first-order valence-electron chi connectivity index (χ1n) is 22.2. The molecule has 0 amide bonds. The van der Waals surface area contributed by atoms with E-state index in [1.165, 1.54) is 96.9 Å². The summed E-state index contributed by atoms with van der Waals surface area (Å²) in [4.78, 5) is 2.40. The number of hydrogen-bond acceptors (Lipinski definition) is 2. The third kappa shape index (κ3) is 6.24. The second-order valence-corrected chi connectivity index (χ2v) is 17.9. The van der Waals surface area contributed by atoms with Gasteiger partial charge in [-0.25, -0.2) is 0 Å². The number of benzene rings is 11. The van der Waals surface area contributed by atoms with Gasteiger partial charge >= 0.3 is 0 Å². The van der Waals surface area contributed by atoms with Gasteiger partial charge in [-0.2, -0.15) is 0 Å². The molecule has 0 radical (unpaired) electrons. The van der Waals surface area contributed by atoms with Gasteiger partial charge in [0.05, 0.1) is 16.7 Å². The van der Waals surface area contributed by atoms with Gasteiger partial charge < -0.3 is 9.47 Å². The second-order valence-electron chi connectivity index (χ2n) is 16.9. The van der Waals surface area contributed by atoms with Crippen molar-refractivity contribution in [2.45, 2.75) is 0 Å². The van der Waals surface area contributed by atoms with E-state index in [2.05, 4.69) is 252 Å². The van der Waals surface area contributed by atoms with Crippen LogP contribution in [0.25, 0.3) is 103 Å². The van der Waals surface area contributed by atoms with Crippen molar-refractivity contribution in [2.75, 3.05) is 4.90 Å². The molecule has 0 unspecified atom stereocenters. The van der Waals surface area contributed by atoms with E-state index in [-0.39, 0.29) is 0 Å². The lowest BCUT2D eigenvalue weighted by Crippen LogP contribution is -2.09. The Kier molecular flexibility index (Phi) is 8.75. The highest BCUT2D eigenvalue weighted by Gasteiger charge is 2.19.